The van der Waals surface area contributed by atoms with E-state index in [1.807, 2.05) is 24.4 Å². The monoisotopic (exact) mass is 368 g/mol. The van der Waals surface area contributed by atoms with Gasteiger partial charge in [0, 0.05) is 22.1 Å². The molecule has 0 spiro atoms. The number of fused-ring (bicyclic) bond motifs is 4. The second-order valence-electron chi connectivity index (χ2n) is 6.61. The molecule has 1 unspecified atom stereocenters. The van der Waals surface area contributed by atoms with Crippen LogP contribution in [0, 0.1) is 5.92 Å². The summed E-state index contributed by atoms with van der Waals surface area (Å²) in [5.74, 6) is 1.35. The Balaban J connectivity index is 1.50. The Labute approximate surface area is 151 Å². The molecular formula is C18H16N4OS2. The lowest BCUT2D eigenvalue weighted by Crippen LogP contribution is -2.08. The molecule has 0 saturated carbocycles. The molecule has 0 radical (unpaired) electrons. The third-order valence-corrected chi connectivity index (χ3v) is 6.74. The molecule has 0 saturated heterocycles. The van der Waals surface area contributed by atoms with Crippen LogP contribution in [-0.2, 0) is 12.8 Å². The third-order valence-electron chi connectivity index (χ3n) is 4.73. The molecule has 4 aromatic rings. The molecule has 0 aliphatic heterocycles. The van der Waals surface area contributed by atoms with Gasteiger partial charge in [-0.3, -0.25) is 4.79 Å². The van der Waals surface area contributed by atoms with Gasteiger partial charge in [0.1, 0.15) is 4.83 Å². The van der Waals surface area contributed by atoms with Crippen LogP contribution in [0.4, 0.5) is 11.6 Å². The van der Waals surface area contributed by atoms with Crippen LogP contribution in [0.3, 0.4) is 0 Å². The van der Waals surface area contributed by atoms with Gasteiger partial charge in [-0.1, -0.05) is 18.3 Å². The zero-order valence-corrected chi connectivity index (χ0v) is 15.3. The number of benzene rings is 1. The quantitative estimate of drug-likeness (QED) is 0.548. The SMILES string of the molecule is CC1CCc2c(sc3nc(Nc4ccc5[nH]c(=O)sc5c4)ncc23)C1. The number of nitrogens with zero attached hydrogens (tertiary/aromatic N) is 2. The second-order valence-corrected chi connectivity index (χ2v) is 8.71. The molecule has 7 heteroatoms. The van der Waals surface area contributed by atoms with Gasteiger partial charge in [-0.15, -0.1) is 11.3 Å². The number of thiazole rings is 1. The number of aromatic amines is 1. The van der Waals surface area contributed by atoms with Gasteiger partial charge in [-0.05, 0) is 48.9 Å². The van der Waals surface area contributed by atoms with Crippen molar-refractivity contribution in [2.45, 2.75) is 26.2 Å². The Kier molecular flexibility index (Phi) is 3.39. The molecule has 0 bridgehead atoms. The summed E-state index contributed by atoms with van der Waals surface area (Å²) < 4.78 is 0.927. The highest BCUT2D eigenvalue weighted by Crippen LogP contribution is 2.37. The Morgan fingerprint density at radius 1 is 1.32 bits per heavy atom. The molecule has 1 aliphatic carbocycles. The summed E-state index contributed by atoms with van der Waals surface area (Å²) in [4.78, 5) is 26.0. The van der Waals surface area contributed by atoms with Crippen LogP contribution in [0.25, 0.3) is 20.4 Å². The summed E-state index contributed by atoms with van der Waals surface area (Å²) in [7, 11) is 0. The van der Waals surface area contributed by atoms with Crippen LogP contribution < -0.4 is 10.2 Å². The van der Waals surface area contributed by atoms with Crippen molar-refractivity contribution in [2.24, 2.45) is 5.92 Å². The highest BCUT2D eigenvalue weighted by Gasteiger charge is 2.21. The highest BCUT2D eigenvalue weighted by atomic mass is 32.1. The molecule has 0 amide bonds. The van der Waals surface area contributed by atoms with Crippen molar-refractivity contribution in [3.8, 4) is 0 Å². The molecule has 0 fully saturated rings. The Morgan fingerprint density at radius 2 is 2.24 bits per heavy atom. The zero-order chi connectivity index (χ0) is 17.0. The summed E-state index contributed by atoms with van der Waals surface area (Å²) >= 11 is 3.01. The van der Waals surface area contributed by atoms with Crippen LogP contribution in [-0.4, -0.2) is 15.0 Å². The molecule has 2 N–H and O–H groups in total. The average molecular weight is 368 g/mol. The van der Waals surface area contributed by atoms with Gasteiger partial charge >= 0.3 is 4.87 Å². The molecule has 1 atom stereocenters. The second kappa shape index (κ2) is 5.64. The number of anilines is 2. The fourth-order valence-electron chi connectivity index (χ4n) is 3.44. The Bertz CT molecular complexity index is 1160. The summed E-state index contributed by atoms with van der Waals surface area (Å²) in [5, 5.41) is 4.47. The molecule has 5 rings (SSSR count). The third kappa shape index (κ3) is 2.63. The van der Waals surface area contributed by atoms with Gasteiger partial charge < -0.3 is 10.3 Å². The van der Waals surface area contributed by atoms with E-state index in [1.54, 1.807) is 11.3 Å². The number of H-pyrrole nitrogens is 1. The fourth-order valence-corrected chi connectivity index (χ4v) is 5.57. The van der Waals surface area contributed by atoms with E-state index in [2.05, 4.69) is 22.2 Å². The minimum atomic E-state index is -0.0387. The van der Waals surface area contributed by atoms with Crippen molar-refractivity contribution >= 4 is 54.7 Å². The van der Waals surface area contributed by atoms with Crippen molar-refractivity contribution in [2.75, 3.05) is 5.32 Å². The number of hydrogen-bond donors (Lipinski definition) is 2. The lowest BCUT2D eigenvalue weighted by molar-refractivity contribution is 0.509. The van der Waals surface area contributed by atoms with Crippen LogP contribution >= 0.6 is 22.7 Å². The molecule has 1 aliphatic rings. The maximum Gasteiger partial charge on any atom is 0.305 e. The van der Waals surface area contributed by atoms with Gasteiger partial charge in [0.25, 0.3) is 0 Å². The predicted octanol–water partition coefficient (Wildman–Crippen LogP) is 4.46. The van der Waals surface area contributed by atoms with Gasteiger partial charge in [-0.2, -0.15) is 0 Å². The van der Waals surface area contributed by atoms with Crippen LogP contribution in [0.5, 0.6) is 0 Å². The standard InChI is InChI=1S/C18H16N4OS2/c1-9-2-4-11-12-8-19-17(22-16(12)24-14(11)6-9)20-10-3-5-13-15(7-10)25-18(23)21-13/h3,5,7-9H,2,4,6H2,1H3,(H,21,23)(H,19,20,22). The smallest absolute Gasteiger partial charge is 0.305 e. The first-order valence-corrected chi connectivity index (χ1v) is 9.96. The van der Waals surface area contributed by atoms with Crippen molar-refractivity contribution in [1.82, 2.24) is 15.0 Å². The molecular weight excluding hydrogens is 352 g/mol. The zero-order valence-electron chi connectivity index (χ0n) is 13.6. The topological polar surface area (TPSA) is 70.7 Å². The molecule has 5 nitrogen and oxygen atoms in total. The summed E-state index contributed by atoms with van der Waals surface area (Å²) in [6.45, 7) is 2.32. The summed E-state index contributed by atoms with van der Waals surface area (Å²) in [6, 6.07) is 5.78. The van der Waals surface area contributed by atoms with Gasteiger partial charge in [-0.25, -0.2) is 9.97 Å². The van der Waals surface area contributed by atoms with Crippen molar-refractivity contribution < 1.29 is 0 Å². The van der Waals surface area contributed by atoms with E-state index in [9.17, 15) is 4.79 Å². The maximum atomic E-state index is 11.4. The molecule has 126 valence electrons. The number of hydrogen-bond acceptors (Lipinski definition) is 6. The molecule has 3 heterocycles. The van der Waals surface area contributed by atoms with Gasteiger partial charge in [0.05, 0.1) is 10.2 Å². The minimum Gasteiger partial charge on any atom is -0.324 e. The number of nitrogens with one attached hydrogen (secondary N) is 2. The van der Waals surface area contributed by atoms with E-state index in [0.717, 1.165) is 39.5 Å². The van der Waals surface area contributed by atoms with Crippen molar-refractivity contribution in [3.63, 3.8) is 0 Å². The Morgan fingerprint density at radius 3 is 3.16 bits per heavy atom. The van der Waals surface area contributed by atoms with E-state index >= 15 is 0 Å². The number of aromatic nitrogens is 3. The highest BCUT2D eigenvalue weighted by molar-refractivity contribution is 7.18. The first-order chi connectivity index (χ1) is 12.2. The molecule has 25 heavy (non-hydrogen) atoms. The molecule has 3 aromatic heterocycles. The van der Waals surface area contributed by atoms with E-state index in [4.69, 9.17) is 4.98 Å². The van der Waals surface area contributed by atoms with Crippen LogP contribution in [0.2, 0.25) is 0 Å². The van der Waals surface area contributed by atoms with Gasteiger partial charge in [0.2, 0.25) is 5.95 Å². The number of thiophene rings is 1. The normalized spacial score (nSPS) is 17.1. The minimum absolute atomic E-state index is 0.0387. The predicted molar refractivity (Wildman–Crippen MR) is 104 cm³/mol. The maximum absolute atomic E-state index is 11.4. The van der Waals surface area contributed by atoms with E-state index in [1.165, 1.54) is 33.6 Å². The first kappa shape index (κ1) is 15.0. The van der Waals surface area contributed by atoms with Crippen LogP contribution in [0.15, 0.2) is 29.2 Å². The van der Waals surface area contributed by atoms with Gasteiger partial charge in [0.15, 0.2) is 0 Å². The van der Waals surface area contributed by atoms with E-state index in [-0.39, 0.29) is 4.87 Å². The summed E-state index contributed by atoms with van der Waals surface area (Å²) in [5.41, 5.74) is 3.19. The lowest BCUT2D eigenvalue weighted by atomic mass is 9.89. The van der Waals surface area contributed by atoms with Crippen molar-refractivity contribution in [1.29, 1.82) is 0 Å². The average Bonchev–Trinajstić information content (AvgIpc) is 3.12. The fraction of sp³-hybridized carbons (Fsp3) is 0.278. The Hall–Kier alpha value is -2.25. The van der Waals surface area contributed by atoms with Crippen LogP contribution in [0.1, 0.15) is 23.8 Å². The largest absolute Gasteiger partial charge is 0.324 e. The van der Waals surface area contributed by atoms with E-state index < -0.39 is 0 Å². The molecule has 1 aromatic carbocycles. The first-order valence-electron chi connectivity index (χ1n) is 8.33. The van der Waals surface area contributed by atoms with E-state index in [0.29, 0.717) is 5.95 Å². The lowest BCUT2D eigenvalue weighted by Gasteiger charge is -2.17. The summed E-state index contributed by atoms with van der Waals surface area (Å²) in [6.07, 6.45) is 5.49. The van der Waals surface area contributed by atoms with Crippen molar-refractivity contribution in [3.05, 3.63) is 44.5 Å². The number of aryl methyl sites for hydroxylation is 1. The number of rotatable bonds is 2.